The monoisotopic (exact) mass is 414 g/mol. The first-order chi connectivity index (χ1) is 12.3. The number of nitrogens with one attached hydrogen (secondary N) is 1. The number of benzene rings is 1. The molecule has 1 N–H and O–H groups in total. The van der Waals surface area contributed by atoms with E-state index in [1.54, 1.807) is 31.0 Å². The second kappa shape index (κ2) is 7.51. The van der Waals surface area contributed by atoms with Gasteiger partial charge in [0.15, 0.2) is 0 Å². The van der Waals surface area contributed by atoms with Crippen LogP contribution in [0.5, 0.6) is 0 Å². The summed E-state index contributed by atoms with van der Waals surface area (Å²) in [4.78, 5) is 14.7. The number of hydrogen-bond donors (Lipinski definition) is 1. The molecule has 7 nitrogen and oxygen atoms in total. The zero-order chi connectivity index (χ0) is 18.9. The number of rotatable bonds is 4. The van der Waals surface area contributed by atoms with Gasteiger partial charge in [-0.1, -0.05) is 11.6 Å². The first kappa shape index (κ1) is 19.1. The number of carbonyl (C=O) groups is 1. The molecule has 0 radical (unpaired) electrons. The van der Waals surface area contributed by atoms with Crippen molar-refractivity contribution in [1.29, 1.82) is 0 Å². The largest absolute Gasteiger partial charge is 0.378 e. The van der Waals surface area contributed by atoms with Crippen molar-refractivity contribution in [3.63, 3.8) is 0 Å². The molecule has 1 aliphatic heterocycles. The molecular weight excluding hydrogens is 396 g/mol. The van der Waals surface area contributed by atoms with Gasteiger partial charge in [0, 0.05) is 38.2 Å². The van der Waals surface area contributed by atoms with Gasteiger partial charge in [-0.3, -0.25) is 4.79 Å². The molecule has 2 heterocycles. The number of sulfonamides is 1. The predicted octanol–water partition coefficient (Wildman–Crippen LogP) is 2.29. The van der Waals surface area contributed by atoms with Gasteiger partial charge in [0.2, 0.25) is 10.0 Å². The van der Waals surface area contributed by atoms with Crippen LogP contribution in [-0.2, 0) is 10.0 Å². The Kier molecular flexibility index (Phi) is 5.52. The van der Waals surface area contributed by atoms with Crippen molar-refractivity contribution in [2.45, 2.75) is 11.8 Å². The van der Waals surface area contributed by atoms with E-state index in [4.69, 9.17) is 11.6 Å². The Hall–Kier alpha value is -1.68. The Labute approximate surface area is 161 Å². The van der Waals surface area contributed by atoms with E-state index in [-0.39, 0.29) is 23.9 Å². The topological polar surface area (TPSA) is 82.6 Å². The van der Waals surface area contributed by atoms with Gasteiger partial charge in [-0.2, -0.15) is 8.68 Å². The summed E-state index contributed by atoms with van der Waals surface area (Å²) < 4.78 is 31.1. The van der Waals surface area contributed by atoms with E-state index in [1.165, 1.54) is 28.0 Å². The lowest BCUT2D eigenvalue weighted by Gasteiger charge is -2.34. The lowest BCUT2D eigenvalue weighted by atomic mass is 10.2. The molecule has 1 saturated heterocycles. The van der Waals surface area contributed by atoms with Crippen LogP contribution in [0.4, 0.5) is 5.00 Å². The van der Waals surface area contributed by atoms with Gasteiger partial charge in [0.05, 0.1) is 16.2 Å². The van der Waals surface area contributed by atoms with Crippen LogP contribution in [0.1, 0.15) is 16.1 Å². The average Bonchev–Trinajstić information content (AvgIpc) is 3.02. The molecule has 1 aromatic carbocycles. The van der Waals surface area contributed by atoms with E-state index >= 15 is 0 Å². The molecule has 0 atom stereocenters. The van der Waals surface area contributed by atoms with Crippen molar-refractivity contribution in [3.05, 3.63) is 40.5 Å². The summed E-state index contributed by atoms with van der Waals surface area (Å²) in [7, 11) is -1.84. The summed E-state index contributed by atoms with van der Waals surface area (Å²) in [6.45, 7) is 2.98. The van der Waals surface area contributed by atoms with Crippen LogP contribution >= 0.6 is 23.1 Å². The Morgan fingerprint density at radius 1 is 1.19 bits per heavy atom. The van der Waals surface area contributed by atoms with E-state index in [1.807, 2.05) is 0 Å². The van der Waals surface area contributed by atoms with Crippen molar-refractivity contribution in [2.75, 3.05) is 38.5 Å². The van der Waals surface area contributed by atoms with Crippen LogP contribution in [0.3, 0.4) is 0 Å². The fourth-order valence-electron chi connectivity index (χ4n) is 2.84. The maximum atomic E-state index is 12.8. The van der Waals surface area contributed by atoms with Crippen LogP contribution in [0, 0.1) is 6.92 Å². The van der Waals surface area contributed by atoms with Crippen molar-refractivity contribution in [2.24, 2.45) is 0 Å². The third kappa shape index (κ3) is 3.57. The molecule has 1 aromatic heterocycles. The first-order valence-electron chi connectivity index (χ1n) is 8.03. The molecule has 0 spiro atoms. The molecule has 0 unspecified atom stereocenters. The summed E-state index contributed by atoms with van der Waals surface area (Å²) in [5.41, 5.74) is 1.24. The van der Waals surface area contributed by atoms with E-state index in [2.05, 4.69) is 9.69 Å². The first-order valence-corrected chi connectivity index (χ1v) is 10.6. The summed E-state index contributed by atoms with van der Waals surface area (Å²) >= 11 is 7.07. The molecule has 2 aromatic rings. The molecule has 10 heteroatoms. The Bertz CT molecular complexity index is 904. The van der Waals surface area contributed by atoms with Gasteiger partial charge in [0.1, 0.15) is 5.00 Å². The van der Waals surface area contributed by atoms with Gasteiger partial charge >= 0.3 is 0 Å². The number of nitrogens with zero attached hydrogens (tertiary/aromatic N) is 3. The molecule has 0 bridgehead atoms. The van der Waals surface area contributed by atoms with Crippen molar-refractivity contribution in [3.8, 4) is 0 Å². The van der Waals surface area contributed by atoms with Gasteiger partial charge in [0.25, 0.3) is 5.91 Å². The lowest BCUT2D eigenvalue weighted by Crippen LogP contribution is -2.50. The highest BCUT2D eigenvalue weighted by atomic mass is 35.5. The zero-order valence-electron chi connectivity index (χ0n) is 14.4. The SMILES string of the molecule is CNc1snc(C)c1C(=O)N1CCN(S(=O)(=O)c2ccc(Cl)cc2)CC1. The van der Waals surface area contributed by atoms with Crippen LogP contribution < -0.4 is 5.32 Å². The number of aromatic nitrogens is 1. The summed E-state index contributed by atoms with van der Waals surface area (Å²) in [5.74, 6) is -0.121. The van der Waals surface area contributed by atoms with Gasteiger partial charge in [-0.05, 0) is 42.7 Å². The minimum atomic E-state index is -3.59. The molecule has 1 amide bonds. The van der Waals surface area contributed by atoms with Gasteiger partial charge in [-0.25, -0.2) is 8.42 Å². The van der Waals surface area contributed by atoms with E-state index < -0.39 is 10.0 Å². The molecule has 0 aliphatic carbocycles. The third-order valence-electron chi connectivity index (χ3n) is 4.28. The normalized spacial score (nSPS) is 15.9. The summed E-state index contributed by atoms with van der Waals surface area (Å²) in [5, 5.41) is 4.20. The quantitative estimate of drug-likeness (QED) is 0.829. The minimum Gasteiger partial charge on any atom is -0.378 e. The van der Waals surface area contributed by atoms with Gasteiger partial charge < -0.3 is 10.2 Å². The van der Waals surface area contributed by atoms with Crippen LogP contribution in [0.25, 0.3) is 0 Å². The van der Waals surface area contributed by atoms with Crippen molar-refractivity contribution in [1.82, 2.24) is 13.6 Å². The number of piperazine rings is 1. The Morgan fingerprint density at radius 3 is 2.38 bits per heavy atom. The Morgan fingerprint density at radius 2 is 1.81 bits per heavy atom. The van der Waals surface area contributed by atoms with Gasteiger partial charge in [-0.15, -0.1) is 0 Å². The lowest BCUT2D eigenvalue weighted by molar-refractivity contribution is 0.0698. The number of hydrogen-bond acceptors (Lipinski definition) is 6. The fourth-order valence-corrected chi connectivity index (χ4v) is 5.12. The zero-order valence-corrected chi connectivity index (χ0v) is 16.8. The molecule has 26 heavy (non-hydrogen) atoms. The highest BCUT2D eigenvalue weighted by Crippen LogP contribution is 2.26. The van der Waals surface area contributed by atoms with Crippen molar-refractivity contribution >= 4 is 44.1 Å². The van der Waals surface area contributed by atoms with Crippen LogP contribution in [0.2, 0.25) is 5.02 Å². The van der Waals surface area contributed by atoms with E-state index in [0.29, 0.717) is 29.4 Å². The molecular formula is C16H19ClN4O3S2. The van der Waals surface area contributed by atoms with Crippen molar-refractivity contribution < 1.29 is 13.2 Å². The number of carbonyl (C=O) groups excluding carboxylic acids is 1. The summed E-state index contributed by atoms with van der Waals surface area (Å²) in [6.07, 6.45) is 0. The number of amides is 1. The smallest absolute Gasteiger partial charge is 0.258 e. The fraction of sp³-hybridized carbons (Fsp3) is 0.375. The number of aryl methyl sites for hydroxylation is 1. The maximum absolute atomic E-state index is 12.8. The highest BCUT2D eigenvalue weighted by molar-refractivity contribution is 7.89. The average molecular weight is 415 g/mol. The highest BCUT2D eigenvalue weighted by Gasteiger charge is 2.32. The predicted molar refractivity (Wildman–Crippen MR) is 103 cm³/mol. The standard InChI is InChI=1S/C16H19ClN4O3S2/c1-11-14(15(18-2)25-19-11)16(22)20-7-9-21(10-8-20)26(23,24)13-5-3-12(17)4-6-13/h3-6,18H,7-10H2,1-2H3. The molecule has 1 fully saturated rings. The summed E-state index contributed by atoms with van der Waals surface area (Å²) in [6, 6.07) is 6.10. The van der Waals surface area contributed by atoms with E-state index in [0.717, 1.165) is 5.00 Å². The minimum absolute atomic E-state index is 0.121. The molecule has 140 valence electrons. The second-order valence-electron chi connectivity index (χ2n) is 5.87. The molecule has 3 rings (SSSR count). The Balaban J connectivity index is 1.72. The van der Waals surface area contributed by atoms with Crippen LogP contribution in [-0.4, -0.2) is 61.1 Å². The maximum Gasteiger partial charge on any atom is 0.258 e. The number of halogens is 1. The second-order valence-corrected chi connectivity index (χ2v) is 9.02. The third-order valence-corrected chi connectivity index (χ3v) is 7.40. The molecule has 0 saturated carbocycles. The molecule has 1 aliphatic rings. The van der Waals surface area contributed by atoms with E-state index in [9.17, 15) is 13.2 Å². The van der Waals surface area contributed by atoms with Crippen LogP contribution in [0.15, 0.2) is 29.2 Å². The number of anilines is 1.